The van der Waals surface area contributed by atoms with Gasteiger partial charge in [-0.1, -0.05) is 243 Å². The molecule has 0 radical (unpaired) electrons. The van der Waals surface area contributed by atoms with Crippen LogP contribution in [-0.2, 0) is 5.41 Å². The fraction of sp³-hybridized carbons (Fsp3) is 0.0137. The molecule has 0 bridgehead atoms. The molecule has 0 N–H and O–H groups in total. The van der Waals surface area contributed by atoms with E-state index in [2.05, 4.69) is 313 Å². The van der Waals surface area contributed by atoms with E-state index in [0.29, 0.717) is 0 Å². The largest absolute Gasteiger partial charge is 0.311 e. The molecule has 352 valence electrons. The van der Waals surface area contributed by atoms with Crippen molar-refractivity contribution in [3.63, 3.8) is 0 Å². The lowest BCUT2D eigenvalue weighted by molar-refractivity contribution is 0.794. The maximum atomic E-state index is 2.50. The van der Waals surface area contributed by atoms with E-state index < -0.39 is 5.41 Å². The monoisotopic (exact) mass is 954 g/mol. The van der Waals surface area contributed by atoms with Crippen LogP contribution in [0.15, 0.2) is 303 Å². The first-order valence-electron chi connectivity index (χ1n) is 25.9. The number of fused-ring (bicyclic) bond motifs is 10. The van der Waals surface area contributed by atoms with Gasteiger partial charge < -0.3 is 9.80 Å². The van der Waals surface area contributed by atoms with Crippen LogP contribution in [0.2, 0.25) is 0 Å². The van der Waals surface area contributed by atoms with E-state index in [9.17, 15) is 0 Å². The number of nitrogens with zero attached hydrogens (tertiary/aromatic N) is 2. The zero-order valence-corrected chi connectivity index (χ0v) is 41.3. The van der Waals surface area contributed by atoms with Gasteiger partial charge in [0.1, 0.15) is 0 Å². The molecule has 12 aromatic rings. The summed E-state index contributed by atoms with van der Waals surface area (Å²) in [6.07, 6.45) is 0. The summed E-state index contributed by atoms with van der Waals surface area (Å²) in [7, 11) is 0. The molecule has 75 heavy (non-hydrogen) atoms. The SMILES string of the molecule is c1ccc(-c2ccc(N(c3ccc(-c4ccccc4)cc3)c3ccc(-c4ccc(N(c5ccccc5-c5ccccc5)c5cccc6c5-c5ccccc5C65c6ccccc6-c6ccccc65)cc4)cc3)cc2)cc1. The summed E-state index contributed by atoms with van der Waals surface area (Å²) in [5, 5.41) is 0. The summed E-state index contributed by atoms with van der Waals surface area (Å²) >= 11 is 0. The third-order valence-electron chi connectivity index (χ3n) is 15.5. The van der Waals surface area contributed by atoms with Crippen LogP contribution in [0.5, 0.6) is 0 Å². The number of benzene rings is 12. The Hall–Kier alpha value is -9.76. The van der Waals surface area contributed by atoms with Gasteiger partial charge in [0.25, 0.3) is 0 Å². The van der Waals surface area contributed by atoms with Crippen LogP contribution in [0.3, 0.4) is 0 Å². The smallest absolute Gasteiger partial charge is 0.0726 e. The Balaban J connectivity index is 0.874. The molecule has 2 nitrogen and oxygen atoms in total. The Morgan fingerprint density at radius 1 is 0.187 bits per heavy atom. The minimum Gasteiger partial charge on any atom is -0.311 e. The molecule has 0 aromatic heterocycles. The van der Waals surface area contributed by atoms with Gasteiger partial charge in [-0.05, 0) is 139 Å². The summed E-state index contributed by atoms with van der Waals surface area (Å²) < 4.78 is 0. The van der Waals surface area contributed by atoms with Crippen LogP contribution in [0.1, 0.15) is 22.3 Å². The number of para-hydroxylation sites is 1. The normalized spacial score (nSPS) is 12.4. The number of hydrogen-bond donors (Lipinski definition) is 0. The fourth-order valence-corrected chi connectivity index (χ4v) is 12.2. The summed E-state index contributed by atoms with van der Waals surface area (Å²) in [5.41, 5.74) is 26.0. The van der Waals surface area contributed by atoms with Crippen LogP contribution in [0.25, 0.3) is 66.8 Å². The second-order valence-corrected chi connectivity index (χ2v) is 19.6. The van der Waals surface area contributed by atoms with Gasteiger partial charge in [0.2, 0.25) is 0 Å². The van der Waals surface area contributed by atoms with Gasteiger partial charge in [0, 0.05) is 33.9 Å². The summed E-state index contributed by atoms with van der Waals surface area (Å²) in [6, 6.07) is 111. The molecule has 0 atom stereocenters. The minimum atomic E-state index is -0.456. The van der Waals surface area contributed by atoms with Gasteiger partial charge in [-0.3, -0.25) is 0 Å². The molecule has 1 spiro atoms. The molecule has 2 aliphatic rings. The molecule has 0 aliphatic heterocycles. The third kappa shape index (κ3) is 7.33. The average Bonchev–Trinajstić information content (AvgIpc) is 4.18. The van der Waals surface area contributed by atoms with Gasteiger partial charge in [0.15, 0.2) is 0 Å². The molecule has 12 aromatic carbocycles. The summed E-state index contributed by atoms with van der Waals surface area (Å²) in [4.78, 5) is 4.85. The molecule has 0 saturated carbocycles. The first kappa shape index (κ1) is 44.0. The van der Waals surface area contributed by atoms with Crippen molar-refractivity contribution < 1.29 is 0 Å². The predicted octanol–water partition coefficient (Wildman–Crippen LogP) is 19.6. The van der Waals surface area contributed by atoms with E-state index in [4.69, 9.17) is 0 Å². The molecule has 0 saturated heterocycles. The molecule has 0 unspecified atom stereocenters. The average molecular weight is 955 g/mol. The second kappa shape index (κ2) is 18.4. The lowest BCUT2D eigenvalue weighted by atomic mass is 9.70. The van der Waals surface area contributed by atoms with Gasteiger partial charge >= 0.3 is 0 Å². The van der Waals surface area contributed by atoms with Crippen molar-refractivity contribution in [3.05, 3.63) is 326 Å². The van der Waals surface area contributed by atoms with Crippen LogP contribution < -0.4 is 9.80 Å². The molecule has 0 heterocycles. The molecule has 0 fully saturated rings. The van der Waals surface area contributed by atoms with Gasteiger partial charge in [0.05, 0.1) is 16.8 Å². The first-order chi connectivity index (χ1) is 37.2. The zero-order chi connectivity index (χ0) is 49.7. The van der Waals surface area contributed by atoms with Crippen molar-refractivity contribution in [2.24, 2.45) is 0 Å². The third-order valence-corrected chi connectivity index (χ3v) is 15.5. The van der Waals surface area contributed by atoms with Crippen LogP contribution in [0, 0.1) is 0 Å². The van der Waals surface area contributed by atoms with Crippen LogP contribution in [-0.4, -0.2) is 0 Å². The number of rotatable bonds is 10. The Kier molecular flexibility index (Phi) is 10.8. The molecule has 2 heteroatoms. The summed E-state index contributed by atoms with van der Waals surface area (Å²) in [5.74, 6) is 0. The van der Waals surface area contributed by atoms with Gasteiger partial charge in [-0.15, -0.1) is 0 Å². The predicted molar refractivity (Wildman–Crippen MR) is 314 cm³/mol. The van der Waals surface area contributed by atoms with Crippen molar-refractivity contribution in [1.29, 1.82) is 0 Å². The lowest BCUT2D eigenvalue weighted by Crippen LogP contribution is -2.26. The Morgan fingerprint density at radius 3 is 0.947 bits per heavy atom. The van der Waals surface area contributed by atoms with Crippen molar-refractivity contribution in [2.75, 3.05) is 9.80 Å². The standard InChI is InChI=1S/C73H50N2/c1-4-19-51(20-5-1)53-35-43-58(44-36-53)74(59-45-37-54(38-46-59)52-21-6-2-7-22-52)60-47-39-55(40-48-60)56-41-49-61(50-42-56)75(70-33-17-13-25-62(70)57-23-8-3-9-24-57)71-34-18-32-69-72(71)65-28-12-16-31-68(65)73(69)66-29-14-10-26-63(66)64-27-11-15-30-67(64)73/h1-50H. The Morgan fingerprint density at radius 2 is 0.493 bits per heavy atom. The highest BCUT2D eigenvalue weighted by atomic mass is 15.2. The number of hydrogen-bond acceptors (Lipinski definition) is 2. The van der Waals surface area contributed by atoms with E-state index in [-0.39, 0.29) is 0 Å². The molecular formula is C73H50N2. The quantitative estimate of drug-likeness (QED) is 0.135. The Bertz CT molecular complexity index is 3890. The number of anilines is 6. The molecule has 2 aliphatic carbocycles. The second-order valence-electron chi connectivity index (χ2n) is 19.6. The first-order valence-corrected chi connectivity index (χ1v) is 25.9. The van der Waals surface area contributed by atoms with Crippen LogP contribution >= 0.6 is 0 Å². The van der Waals surface area contributed by atoms with Crippen molar-refractivity contribution >= 4 is 34.1 Å². The van der Waals surface area contributed by atoms with Crippen LogP contribution in [0.4, 0.5) is 34.1 Å². The van der Waals surface area contributed by atoms with Gasteiger partial charge in [-0.25, -0.2) is 0 Å². The highest BCUT2D eigenvalue weighted by Gasteiger charge is 2.52. The van der Waals surface area contributed by atoms with Gasteiger partial charge in [-0.2, -0.15) is 0 Å². The topological polar surface area (TPSA) is 6.48 Å². The Labute approximate surface area is 439 Å². The van der Waals surface area contributed by atoms with Crippen molar-refractivity contribution in [3.8, 4) is 66.8 Å². The fourth-order valence-electron chi connectivity index (χ4n) is 12.2. The molecule has 0 amide bonds. The highest BCUT2D eigenvalue weighted by molar-refractivity contribution is 6.02. The van der Waals surface area contributed by atoms with E-state index in [0.717, 1.165) is 45.3 Å². The minimum absolute atomic E-state index is 0.456. The maximum Gasteiger partial charge on any atom is 0.0726 e. The van der Waals surface area contributed by atoms with Crippen molar-refractivity contribution in [1.82, 2.24) is 0 Å². The molecular weight excluding hydrogens is 905 g/mol. The molecule has 14 rings (SSSR count). The maximum absolute atomic E-state index is 2.50. The van der Waals surface area contributed by atoms with E-state index in [1.54, 1.807) is 0 Å². The van der Waals surface area contributed by atoms with E-state index in [1.807, 2.05) is 0 Å². The van der Waals surface area contributed by atoms with Crippen molar-refractivity contribution in [2.45, 2.75) is 5.41 Å². The van der Waals surface area contributed by atoms with E-state index >= 15 is 0 Å². The lowest BCUT2D eigenvalue weighted by Gasteiger charge is -2.32. The highest BCUT2D eigenvalue weighted by Crippen LogP contribution is 2.65. The van der Waals surface area contributed by atoms with E-state index in [1.165, 1.54) is 77.9 Å². The summed E-state index contributed by atoms with van der Waals surface area (Å²) in [6.45, 7) is 0. The zero-order valence-electron chi connectivity index (χ0n) is 41.3.